The number of amides is 1. The van der Waals surface area contributed by atoms with Crippen LogP contribution in [0.15, 0.2) is 60.8 Å². The monoisotopic (exact) mass is 351 g/mol. The highest BCUT2D eigenvalue weighted by atomic mass is 16.6. The lowest BCUT2D eigenvalue weighted by atomic mass is 10.2. The van der Waals surface area contributed by atoms with E-state index in [0.29, 0.717) is 30.9 Å². The molecule has 0 spiro atoms. The number of hydrogen-bond donors (Lipinski definition) is 1. The fraction of sp³-hybridized carbons (Fsp3) is 0.158. The molecule has 1 heterocycles. The van der Waals surface area contributed by atoms with Crippen molar-refractivity contribution in [3.63, 3.8) is 0 Å². The summed E-state index contributed by atoms with van der Waals surface area (Å²) in [5.41, 5.74) is 1.15. The van der Waals surface area contributed by atoms with Crippen LogP contribution in [-0.4, -0.2) is 29.0 Å². The van der Waals surface area contributed by atoms with Gasteiger partial charge in [0.05, 0.1) is 11.5 Å². The first-order valence-electron chi connectivity index (χ1n) is 8.14. The molecule has 0 saturated carbocycles. The number of nitrogens with zero attached hydrogens (tertiary/aromatic N) is 2. The van der Waals surface area contributed by atoms with Crippen LogP contribution in [0.25, 0.3) is 10.9 Å². The molecule has 0 unspecified atom stereocenters. The number of carbonyl (C=O) groups excluding carboxylic acids is 1. The third-order valence-electron chi connectivity index (χ3n) is 3.80. The number of aromatic nitrogens is 1. The molecule has 0 aliphatic carbocycles. The van der Waals surface area contributed by atoms with Gasteiger partial charge in [-0.15, -0.1) is 0 Å². The molecule has 3 aromatic rings. The summed E-state index contributed by atoms with van der Waals surface area (Å²) in [6, 6.07) is 15.1. The molecule has 1 N–H and O–H groups in total. The van der Waals surface area contributed by atoms with Gasteiger partial charge in [-0.25, -0.2) is 0 Å². The van der Waals surface area contributed by atoms with Crippen LogP contribution in [0.2, 0.25) is 0 Å². The number of nitrogens with one attached hydrogen (secondary N) is 1. The van der Waals surface area contributed by atoms with Crippen LogP contribution in [-0.2, 0) is 0 Å². The van der Waals surface area contributed by atoms with Gasteiger partial charge in [-0.1, -0.05) is 18.2 Å². The third-order valence-corrected chi connectivity index (χ3v) is 3.80. The van der Waals surface area contributed by atoms with Gasteiger partial charge >= 0.3 is 0 Å². The zero-order valence-electron chi connectivity index (χ0n) is 13.9. The van der Waals surface area contributed by atoms with Crippen LogP contribution in [0.4, 0.5) is 5.69 Å². The van der Waals surface area contributed by atoms with Gasteiger partial charge in [0.1, 0.15) is 11.3 Å². The number of ether oxygens (including phenoxy) is 1. The van der Waals surface area contributed by atoms with Gasteiger partial charge in [-0.3, -0.25) is 19.9 Å². The Morgan fingerprint density at radius 1 is 1.12 bits per heavy atom. The van der Waals surface area contributed by atoms with E-state index in [9.17, 15) is 14.9 Å². The number of non-ortho nitro benzene ring substituents is 1. The van der Waals surface area contributed by atoms with Crippen LogP contribution in [0.3, 0.4) is 0 Å². The lowest BCUT2D eigenvalue weighted by molar-refractivity contribution is -0.384. The second kappa shape index (κ2) is 8.06. The average Bonchev–Trinajstić information content (AvgIpc) is 2.67. The number of nitro benzene ring substituents is 1. The molecule has 0 aliphatic rings. The van der Waals surface area contributed by atoms with Gasteiger partial charge in [0.2, 0.25) is 0 Å². The van der Waals surface area contributed by atoms with Gasteiger partial charge in [0, 0.05) is 35.8 Å². The van der Waals surface area contributed by atoms with Crippen molar-refractivity contribution in [1.29, 1.82) is 0 Å². The number of carbonyl (C=O) groups is 1. The van der Waals surface area contributed by atoms with Gasteiger partial charge < -0.3 is 10.1 Å². The van der Waals surface area contributed by atoms with Crippen molar-refractivity contribution < 1.29 is 14.5 Å². The van der Waals surface area contributed by atoms with Gasteiger partial charge in [0.15, 0.2) is 0 Å². The number of benzene rings is 2. The van der Waals surface area contributed by atoms with Crippen molar-refractivity contribution in [3.05, 3.63) is 76.5 Å². The molecule has 1 aromatic heterocycles. The second-order valence-corrected chi connectivity index (χ2v) is 5.59. The molecule has 7 nitrogen and oxygen atoms in total. The highest BCUT2D eigenvalue weighted by molar-refractivity contribution is 5.94. The van der Waals surface area contributed by atoms with E-state index in [1.165, 1.54) is 24.3 Å². The number of pyridine rings is 1. The van der Waals surface area contributed by atoms with Crippen LogP contribution in [0, 0.1) is 10.1 Å². The third kappa shape index (κ3) is 4.13. The topological polar surface area (TPSA) is 94.4 Å². The molecule has 0 radical (unpaired) electrons. The number of nitro groups is 1. The van der Waals surface area contributed by atoms with Gasteiger partial charge in [-0.05, 0) is 30.7 Å². The minimum absolute atomic E-state index is 0.0429. The summed E-state index contributed by atoms with van der Waals surface area (Å²) in [6.45, 7) is 0.879. The molecule has 1 amide bonds. The Morgan fingerprint density at radius 2 is 1.88 bits per heavy atom. The highest BCUT2D eigenvalue weighted by Gasteiger charge is 2.09. The van der Waals surface area contributed by atoms with Crippen LogP contribution in [0.1, 0.15) is 16.8 Å². The minimum atomic E-state index is -0.499. The van der Waals surface area contributed by atoms with E-state index in [0.717, 1.165) is 10.9 Å². The summed E-state index contributed by atoms with van der Waals surface area (Å²) >= 11 is 0. The summed E-state index contributed by atoms with van der Waals surface area (Å²) in [7, 11) is 0. The summed E-state index contributed by atoms with van der Waals surface area (Å²) in [4.78, 5) is 26.4. The number of para-hydroxylation sites is 1. The first-order chi connectivity index (χ1) is 12.6. The van der Waals surface area contributed by atoms with Crippen LogP contribution in [0.5, 0.6) is 5.75 Å². The molecular weight excluding hydrogens is 334 g/mol. The quantitative estimate of drug-likeness (QED) is 0.400. The Balaban J connectivity index is 1.46. The van der Waals surface area contributed by atoms with Crippen molar-refractivity contribution in [1.82, 2.24) is 10.3 Å². The zero-order valence-corrected chi connectivity index (χ0v) is 13.9. The highest BCUT2D eigenvalue weighted by Crippen LogP contribution is 2.22. The Morgan fingerprint density at radius 3 is 2.65 bits per heavy atom. The predicted molar refractivity (Wildman–Crippen MR) is 97.3 cm³/mol. The SMILES string of the molecule is O=C(NCCCOc1cccc2cccnc12)c1ccc([N+](=O)[O-])cc1. The number of rotatable bonds is 7. The number of fused-ring (bicyclic) bond motifs is 1. The van der Waals surface area contributed by atoms with E-state index in [4.69, 9.17) is 4.74 Å². The van der Waals surface area contributed by atoms with E-state index in [1.807, 2.05) is 30.3 Å². The molecule has 0 aliphatic heterocycles. The van der Waals surface area contributed by atoms with Crippen molar-refractivity contribution >= 4 is 22.5 Å². The molecule has 7 heteroatoms. The molecule has 0 bridgehead atoms. The fourth-order valence-corrected chi connectivity index (χ4v) is 2.49. The van der Waals surface area contributed by atoms with E-state index in [1.54, 1.807) is 6.20 Å². The normalized spacial score (nSPS) is 10.5. The molecular formula is C19H17N3O4. The maximum absolute atomic E-state index is 12.0. The Labute approximate surface area is 149 Å². The maximum atomic E-state index is 12.0. The van der Waals surface area contributed by atoms with Crippen molar-refractivity contribution in [3.8, 4) is 5.75 Å². The second-order valence-electron chi connectivity index (χ2n) is 5.59. The predicted octanol–water partition coefficient (Wildman–Crippen LogP) is 3.34. The van der Waals surface area contributed by atoms with Crippen molar-refractivity contribution in [2.24, 2.45) is 0 Å². The first-order valence-corrected chi connectivity index (χ1v) is 8.14. The van der Waals surface area contributed by atoms with E-state index in [2.05, 4.69) is 10.3 Å². The molecule has 2 aromatic carbocycles. The fourth-order valence-electron chi connectivity index (χ4n) is 2.49. The smallest absolute Gasteiger partial charge is 0.269 e. The van der Waals surface area contributed by atoms with Gasteiger partial charge in [-0.2, -0.15) is 0 Å². The maximum Gasteiger partial charge on any atom is 0.269 e. The zero-order chi connectivity index (χ0) is 18.4. The molecule has 26 heavy (non-hydrogen) atoms. The summed E-state index contributed by atoms with van der Waals surface area (Å²) in [5.74, 6) is 0.441. The van der Waals surface area contributed by atoms with E-state index >= 15 is 0 Å². The van der Waals surface area contributed by atoms with Crippen molar-refractivity contribution in [2.45, 2.75) is 6.42 Å². The molecule has 0 fully saturated rings. The Bertz CT molecular complexity index is 920. The molecule has 0 atom stereocenters. The number of hydrogen-bond acceptors (Lipinski definition) is 5. The van der Waals surface area contributed by atoms with E-state index < -0.39 is 4.92 Å². The Kier molecular flexibility index (Phi) is 5.38. The Hall–Kier alpha value is -3.48. The summed E-state index contributed by atoms with van der Waals surface area (Å²) in [6.07, 6.45) is 2.35. The lowest BCUT2D eigenvalue weighted by Gasteiger charge is -2.09. The summed E-state index contributed by atoms with van der Waals surface area (Å²) < 4.78 is 5.76. The van der Waals surface area contributed by atoms with Crippen LogP contribution < -0.4 is 10.1 Å². The van der Waals surface area contributed by atoms with E-state index in [-0.39, 0.29) is 11.6 Å². The van der Waals surface area contributed by atoms with Crippen LogP contribution >= 0.6 is 0 Å². The first kappa shape index (κ1) is 17.3. The minimum Gasteiger partial charge on any atom is -0.491 e. The van der Waals surface area contributed by atoms with Crippen molar-refractivity contribution in [2.75, 3.05) is 13.2 Å². The van der Waals surface area contributed by atoms with Gasteiger partial charge in [0.25, 0.3) is 11.6 Å². The summed E-state index contributed by atoms with van der Waals surface area (Å²) in [5, 5.41) is 14.4. The largest absolute Gasteiger partial charge is 0.491 e. The standard InChI is InChI=1S/C19H17N3O4/c23-19(15-7-9-16(10-8-15)22(24)25)21-12-3-13-26-17-6-1-4-14-5-2-11-20-18(14)17/h1-2,4-11H,3,12-13H2,(H,21,23). The average molecular weight is 351 g/mol. The lowest BCUT2D eigenvalue weighted by Crippen LogP contribution is -2.25. The molecule has 0 saturated heterocycles. The molecule has 132 valence electrons. The molecule has 3 rings (SSSR count).